The lowest BCUT2D eigenvalue weighted by Gasteiger charge is -2.14. The van der Waals surface area contributed by atoms with E-state index in [9.17, 15) is 19.2 Å². The van der Waals surface area contributed by atoms with Crippen LogP contribution in [0.25, 0.3) is 0 Å². The van der Waals surface area contributed by atoms with Gasteiger partial charge in [-0.2, -0.15) is 0 Å². The highest BCUT2D eigenvalue weighted by molar-refractivity contribution is 5.97. The van der Waals surface area contributed by atoms with Gasteiger partial charge in [-0.3, -0.25) is 19.1 Å². The molecule has 2 aromatic heterocycles. The number of rotatable bonds is 13. The summed E-state index contributed by atoms with van der Waals surface area (Å²) in [5, 5.41) is 12.1. The summed E-state index contributed by atoms with van der Waals surface area (Å²) in [7, 11) is 3.29. The largest absolute Gasteiger partial charge is 0.438 e. The van der Waals surface area contributed by atoms with Crippen molar-refractivity contribution in [3.63, 3.8) is 0 Å². The second-order valence-electron chi connectivity index (χ2n) is 9.21. The highest BCUT2D eigenvalue weighted by Gasteiger charge is 2.16. The predicted molar refractivity (Wildman–Crippen MR) is 152 cm³/mol. The molecule has 0 bridgehead atoms. The molecule has 0 aliphatic rings. The van der Waals surface area contributed by atoms with Crippen molar-refractivity contribution in [2.45, 2.75) is 45.2 Å². The molecule has 0 spiro atoms. The van der Waals surface area contributed by atoms with Crippen molar-refractivity contribution in [3.8, 4) is 0 Å². The van der Waals surface area contributed by atoms with Crippen LogP contribution in [0.15, 0.2) is 70.3 Å². The Morgan fingerprint density at radius 2 is 1.85 bits per heavy atom. The molecule has 13 nitrogen and oxygen atoms in total. The summed E-state index contributed by atoms with van der Waals surface area (Å²) in [6, 6.07) is 7.93. The number of amides is 4. The van der Waals surface area contributed by atoms with Crippen LogP contribution in [0, 0.1) is 0 Å². The number of benzene rings is 1. The number of allylic oxidation sites excluding steroid dienone is 3. The third kappa shape index (κ3) is 10.2. The Morgan fingerprint density at radius 3 is 2.56 bits per heavy atom. The molecule has 2 heterocycles. The van der Waals surface area contributed by atoms with Gasteiger partial charge in [0.05, 0.1) is 0 Å². The fourth-order valence-corrected chi connectivity index (χ4v) is 3.57. The summed E-state index contributed by atoms with van der Waals surface area (Å²) in [4.78, 5) is 60.5. The molecule has 0 saturated heterocycles. The quantitative estimate of drug-likeness (QED) is 0.230. The standard InChI is InChI=1S/C28H34N8O5/c1-4-5-11-20(12-7-6-8-14-24-34-28(40)41-35-24)32-26(38)23-16-22(30-18-31-23)25(37)29-17-19-10-9-13-21(15-19)33-27(39)36(2)3/h5-6,8-11,13,15-16,18,20H,4,7,12,14,17H2,1-3H3,(H,29,37)(H,32,38)(H,33,39)(H,34,35,40)/b8-6+,11-5+/t20-/m1/s1. The molecule has 0 radical (unpaired) electrons. The Labute approximate surface area is 237 Å². The molecule has 1 atom stereocenters. The van der Waals surface area contributed by atoms with Crippen molar-refractivity contribution < 1.29 is 18.9 Å². The maximum atomic E-state index is 12.9. The summed E-state index contributed by atoms with van der Waals surface area (Å²) in [5.74, 6) is -1.05. The van der Waals surface area contributed by atoms with Crippen molar-refractivity contribution in [3.05, 3.63) is 94.3 Å². The zero-order valence-electron chi connectivity index (χ0n) is 23.2. The molecule has 0 aliphatic heterocycles. The number of hydrogen-bond acceptors (Lipinski definition) is 8. The van der Waals surface area contributed by atoms with Gasteiger partial charge < -0.3 is 20.9 Å². The van der Waals surface area contributed by atoms with Gasteiger partial charge in [0.25, 0.3) is 11.8 Å². The number of H-pyrrole nitrogens is 1. The van der Waals surface area contributed by atoms with Crippen LogP contribution in [0.1, 0.15) is 58.6 Å². The minimum Gasteiger partial charge on any atom is -0.347 e. The zero-order chi connectivity index (χ0) is 29.6. The van der Waals surface area contributed by atoms with E-state index >= 15 is 0 Å². The van der Waals surface area contributed by atoms with E-state index < -0.39 is 17.6 Å². The van der Waals surface area contributed by atoms with Crippen LogP contribution in [0.4, 0.5) is 10.5 Å². The highest BCUT2D eigenvalue weighted by Crippen LogP contribution is 2.12. The molecular weight excluding hydrogens is 528 g/mol. The van der Waals surface area contributed by atoms with Gasteiger partial charge in [0.15, 0.2) is 5.82 Å². The van der Waals surface area contributed by atoms with Gasteiger partial charge in [-0.05, 0) is 37.0 Å². The Morgan fingerprint density at radius 1 is 1.07 bits per heavy atom. The summed E-state index contributed by atoms with van der Waals surface area (Å²) < 4.78 is 4.47. The van der Waals surface area contributed by atoms with Crippen LogP contribution in [0.5, 0.6) is 0 Å². The van der Waals surface area contributed by atoms with Crippen LogP contribution in [-0.4, -0.2) is 63.0 Å². The van der Waals surface area contributed by atoms with E-state index in [2.05, 4.69) is 40.6 Å². The molecule has 3 rings (SSSR count). The Hall–Kier alpha value is -5.07. The van der Waals surface area contributed by atoms with E-state index in [1.807, 2.05) is 37.3 Å². The first-order valence-corrected chi connectivity index (χ1v) is 13.1. The Balaban J connectivity index is 1.55. The van der Waals surface area contributed by atoms with E-state index in [1.54, 1.807) is 32.3 Å². The van der Waals surface area contributed by atoms with Gasteiger partial charge in [0.2, 0.25) is 0 Å². The minimum absolute atomic E-state index is 0.0525. The molecule has 0 saturated carbocycles. The number of hydrogen-bond donors (Lipinski definition) is 4. The average molecular weight is 563 g/mol. The minimum atomic E-state index is -0.594. The molecule has 1 aromatic carbocycles. The monoisotopic (exact) mass is 562 g/mol. The van der Waals surface area contributed by atoms with Gasteiger partial charge in [0.1, 0.15) is 17.7 Å². The average Bonchev–Trinajstić information content (AvgIpc) is 3.39. The summed E-state index contributed by atoms with van der Waals surface area (Å²) in [6.45, 7) is 2.19. The van der Waals surface area contributed by atoms with E-state index in [1.165, 1.54) is 17.3 Å². The number of aromatic amines is 1. The van der Waals surface area contributed by atoms with Crippen molar-refractivity contribution >= 4 is 23.5 Å². The molecule has 0 aliphatic carbocycles. The molecule has 4 amide bonds. The van der Waals surface area contributed by atoms with E-state index in [4.69, 9.17) is 0 Å². The first-order valence-electron chi connectivity index (χ1n) is 13.1. The maximum Gasteiger partial charge on any atom is 0.438 e. The molecule has 216 valence electrons. The van der Waals surface area contributed by atoms with Crippen molar-refractivity contribution in [2.24, 2.45) is 0 Å². The number of aromatic nitrogens is 4. The maximum absolute atomic E-state index is 12.9. The topological polar surface area (TPSA) is 175 Å². The molecule has 4 N–H and O–H groups in total. The number of anilines is 1. The van der Waals surface area contributed by atoms with Gasteiger partial charge in [-0.25, -0.2) is 19.6 Å². The lowest BCUT2D eigenvalue weighted by molar-refractivity contribution is 0.0937. The summed E-state index contributed by atoms with van der Waals surface area (Å²) >= 11 is 0. The lowest BCUT2D eigenvalue weighted by atomic mass is 10.1. The molecular formula is C28H34N8O5. The third-order valence-corrected chi connectivity index (χ3v) is 5.70. The summed E-state index contributed by atoms with van der Waals surface area (Å²) in [6.07, 6.45) is 11.4. The molecule has 13 heteroatoms. The van der Waals surface area contributed by atoms with Crippen molar-refractivity contribution in [2.75, 3.05) is 19.4 Å². The number of carbonyl (C=O) groups excluding carboxylic acids is 3. The SMILES string of the molecule is CC/C=C/[C@H](CC/C=C/Cc1noc(=O)[nH]1)NC(=O)c1cc(C(=O)NCc2cccc(NC(=O)N(C)C)c2)ncn1. The molecule has 0 fully saturated rings. The zero-order valence-corrected chi connectivity index (χ0v) is 23.2. The van der Waals surface area contributed by atoms with Crippen LogP contribution in [-0.2, 0) is 13.0 Å². The Bertz CT molecular complexity index is 1440. The normalized spacial score (nSPS) is 11.9. The molecule has 0 unspecified atom stereocenters. The van der Waals surface area contributed by atoms with Crippen molar-refractivity contribution in [1.82, 2.24) is 35.6 Å². The second kappa shape index (κ2) is 15.5. The predicted octanol–water partition coefficient (Wildman–Crippen LogP) is 2.82. The molecule has 41 heavy (non-hydrogen) atoms. The first-order chi connectivity index (χ1) is 19.7. The fraction of sp³-hybridized carbons (Fsp3) is 0.321. The van der Waals surface area contributed by atoms with Crippen LogP contribution in [0.3, 0.4) is 0 Å². The summed E-state index contributed by atoms with van der Waals surface area (Å²) in [5.41, 5.74) is 1.50. The molecule has 3 aromatic rings. The number of carbonyl (C=O) groups is 3. The van der Waals surface area contributed by atoms with Crippen LogP contribution >= 0.6 is 0 Å². The van der Waals surface area contributed by atoms with E-state index in [0.717, 1.165) is 12.0 Å². The smallest absolute Gasteiger partial charge is 0.347 e. The third-order valence-electron chi connectivity index (χ3n) is 5.70. The second-order valence-corrected chi connectivity index (χ2v) is 9.21. The van der Waals surface area contributed by atoms with Gasteiger partial charge >= 0.3 is 11.8 Å². The van der Waals surface area contributed by atoms with Crippen LogP contribution < -0.4 is 21.7 Å². The van der Waals surface area contributed by atoms with E-state index in [0.29, 0.717) is 30.8 Å². The first kappa shape index (κ1) is 30.5. The van der Waals surface area contributed by atoms with Gasteiger partial charge in [-0.15, -0.1) is 0 Å². The van der Waals surface area contributed by atoms with Crippen LogP contribution in [0.2, 0.25) is 0 Å². The van der Waals surface area contributed by atoms with Crippen molar-refractivity contribution in [1.29, 1.82) is 0 Å². The van der Waals surface area contributed by atoms with E-state index in [-0.39, 0.29) is 30.0 Å². The number of nitrogens with zero attached hydrogens (tertiary/aromatic N) is 4. The number of nitrogens with one attached hydrogen (secondary N) is 4. The Kier molecular flexibility index (Phi) is 11.5. The lowest BCUT2D eigenvalue weighted by Crippen LogP contribution is -2.34. The highest BCUT2D eigenvalue weighted by atomic mass is 16.5. The number of urea groups is 1. The van der Waals surface area contributed by atoms with Gasteiger partial charge in [-0.1, -0.05) is 48.5 Å². The fourth-order valence-electron chi connectivity index (χ4n) is 3.57. The van der Waals surface area contributed by atoms with Gasteiger partial charge in [0, 0.05) is 44.9 Å².